The molecule has 0 spiro atoms. The topological polar surface area (TPSA) is 73.0 Å². The van der Waals surface area contributed by atoms with Gasteiger partial charge in [0, 0.05) is 29.0 Å². The summed E-state index contributed by atoms with van der Waals surface area (Å²) in [7, 11) is 0. The van der Waals surface area contributed by atoms with Gasteiger partial charge in [-0.15, -0.1) is 0 Å². The number of aryl methyl sites for hydroxylation is 1. The van der Waals surface area contributed by atoms with Gasteiger partial charge in [-0.1, -0.05) is 53.7 Å². The molecule has 2 heterocycles. The summed E-state index contributed by atoms with van der Waals surface area (Å²) in [6, 6.07) is 19.2. The minimum Gasteiger partial charge on any atom is -0.355 e. The number of carbonyl (C=O) groups is 1. The zero-order valence-corrected chi connectivity index (χ0v) is 15.1. The Bertz CT molecular complexity index is 1120. The molecule has 0 saturated heterocycles. The Morgan fingerprint density at radius 1 is 1.11 bits per heavy atom. The highest BCUT2D eigenvalue weighted by molar-refractivity contribution is 6.02. The average Bonchev–Trinajstić information content (AvgIpc) is 3.32. The highest BCUT2D eigenvalue weighted by atomic mass is 19.1. The lowest BCUT2D eigenvalue weighted by Crippen LogP contribution is -2.13. The van der Waals surface area contributed by atoms with Gasteiger partial charge in [0.05, 0.1) is 6.54 Å². The maximum absolute atomic E-state index is 13.9. The number of hydrogen-bond acceptors (Lipinski definition) is 4. The molecule has 140 valence electrons. The maximum atomic E-state index is 13.9. The van der Waals surface area contributed by atoms with Crippen molar-refractivity contribution < 1.29 is 13.7 Å². The Hall–Kier alpha value is -3.74. The summed E-state index contributed by atoms with van der Waals surface area (Å²) in [5, 5.41) is 10.9. The third-order valence-corrected chi connectivity index (χ3v) is 4.30. The van der Waals surface area contributed by atoms with Crippen molar-refractivity contribution in [2.24, 2.45) is 0 Å². The van der Waals surface area contributed by atoms with E-state index in [0.29, 0.717) is 17.1 Å². The molecule has 4 rings (SSSR count). The van der Waals surface area contributed by atoms with E-state index in [1.807, 2.05) is 37.3 Å². The van der Waals surface area contributed by atoms with Gasteiger partial charge in [-0.25, -0.2) is 4.39 Å². The van der Waals surface area contributed by atoms with Crippen molar-refractivity contribution in [3.63, 3.8) is 0 Å². The fourth-order valence-electron chi connectivity index (χ4n) is 2.82. The second kappa shape index (κ2) is 7.48. The van der Waals surface area contributed by atoms with Crippen molar-refractivity contribution in [2.75, 3.05) is 5.32 Å². The number of hydrogen-bond donors (Lipinski definition) is 1. The van der Waals surface area contributed by atoms with Crippen molar-refractivity contribution in [1.82, 2.24) is 14.9 Å². The Kier molecular flexibility index (Phi) is 4.72. The van der Waals surface area contributed by atoms with Crippen molar-refractivity contribution in [3.8, 4) is 11.3 Å². The number of nitrogens with zero attached hydrogens (tertiary/aromatic N) is 3. The molecule has 0 aliphatic rings. The first-order valence-corrected chi connectivity index (χ1v) is 8.71. The number of benzene rings is 2. The summed E-state index contributed by atoms with van der Waals surface area (Å²) in [6.07, 6.45) is 0. The number of aromatic nitrogens is 3. The van der Waals surface area contributed by atoms with E-state index < -0.39 is 5.91 Å². The molecule has 0 unspecified atom stereocenters. The third-order valence-electron chi connectivity index (χ3n) is 4.30. The molecule has 0 radical (unpaired) electrons. The predicted molar refractivity (Wildman–Crippen MR) is 102 cm³/mol. The van der Waals surface area contributed by atoms with Crippen LogP contribution in [0.4, 0.5) is 10.2 Å². The van der Waals surface area contributed by atoms with Crippen LogP contribution in [0.1, 0.15) is 21.7 Å². The van der Waals surface area contributed by atoms with Gasteiger partial charge in [0.1, 0.15) is 5.82 Å². The second-order valence-corrected chi connectivity index (χ2v) is 6.32. The molecule has 1 amide bonds. The van der Waals surface area contributed by atoms with E-state index in [1.165, 1.54) is 6.07 Å². The molecule has 2 aromatic heterocycles. The maximum Gasteiger partial charge on any atom is 0.279 e. The zero-order valence-electron chi connectivity index (χ0n) is 15.1. The van der Waals surface area contributed by atoms with E-state index in [1.54, 1.807) is 35.0 Å². The van der Waals surface area contributed by atoms with E-state index >= 15 is 0 Å². The van der Waals surface area contributed by atoms with Crippen LogP contribution in [0, 0.1) is 12.7 Å². The van der Waals surface area contributed by atoms with Gasteiger partial charge in [-0.3, -0.25) is 9.48 Å². The minimum absolute atomic E-state index is 0.153. The molecule has 4 aromatic rings. The number of carbonyl (C=O) groups excluding carboxylic acids is 1. The molecule has 6 nitrogen and oxygen atoms in total. The first-order chi connectivity index (χ1) is 13.6. The highest BCUT2D eigenvalue weighted by Crippen LogP contribution is 2.20. The lowest BCUT2D eigenvalue weighted by molar-refractivity contribution is 0.101. The minimum atomic E-state index is -0.429. The Balaban J connectivity index is 1.48. The van der Waals surface area contributed by atoms with Crippen LogP contribution in [0.15, 0.2) is 71.3 Å². The van der Waals surface area contributed by atoms with Gasteiger partial charge in [0.2, 0.25) is 0 Å². The molecule has 0 saturated carbocycles. The number of amides is 1. The van der Waals surface area contributed by atoms with Gasteiger partial charge in [-0.2, -0.15) is 5.10 Å². The van der Waals surface area contributed by atoms with Crippen molar-refractivity contribution in [2.45, 2.75) is 13.5 Å². The van der Waals surface area contributed by atoms with Crippen LogP contribution in [-0.2, 0) is 6.54 Å². The van der Waals surface area contributed by atoms with Crippen molar-refractivity contribution in [3.05, 3.63) is 89.5 Å². The largest absolute Gasteiger partial charge is 0.355 e. The molecule has 0 bridgehead atoms. The molecule has 28 heavy (non-hydrogen) atoms. The molecular formula is C21H17FN4O2. The van der Waals surface area contributed by atoms with E-state index in [-0.39, 0.29) is 18.1 Å². The predicted octanol–water partition coefficient (Wildman–Crippen LogP) is 4.29. The van der Waals surface area contributed by atoms with Gasteiger partial charge >= 0.3 is 0 Å². The molecule has 0 aliphatic carbocycles. The van der Waals surface area contributed by atoms with Gasteiger partial charge < -0.3 is 9.84 Å². The number of rotatable bonds is 5. The lowest BCUT2D eigenvalue weighted by atomic mass is 10.1. The van der Waals surface area contributed by atoms with Crippen LogP contribution in [0.3, 0.4) is 0 Å². The number of anilines is 1. The van der Waals surface area contributed by atoms with Crippen LogP contribution < -0.4 is 5.32 Å². The van der Waals surface area contributed by atoms with Crippen molar-refractivity contribution >= 4 is 11.7 Å². The van der Waals surface area contributed by atoms with E-state index in [9.17, 15) is 9.18 Å². The fourth-order valence-corrected chi connectivity index (χ4v) is 2.82. The van der Waals surface area contributed by atoms with Gasteiger partial charge in [0.25, 0.3) is 5.91 Å². The Morgan fingerprint density at radius 2 is 1.86 bits per heavy atom. The molecule has 7 heteroatoms. The number of nitrogens with one attached hydrogen (secondary N) is 1. The molecule has 0 aliphatic heterocycles. The summed E-state index contributed by atoms with van der Waals surface area (Å²) >= 11 is 0. The molecule has 0 atom stereocenters. The van der Waals surface area contributed by atoms with Crippen LogP contribution in [-0.4, -0.2) is 20.8 Å². The third kappa shape index (κ3) is 3.68. The van der Waals surface area contributed by atoms with E-state index in [0.717, 1.165) is 11.3 Å². The van der Waals surface area contributed by atoms with Crippen LogP contribution in [0.25, 0.3) is 11.3 Å². The van der Waals surface area contributed by atoms with Gasteiger partial charge in [0.15, 0.2) is 17.3 Å². The van der Waals surface area contributed by atoms with Crippen molar-refractivity contribution in [1.29, 1.82) is 0 Å². The standard InChI is InChI=1S/C21H17FN4O2/c1-14-11-20(24-26(14)13-16-9-5-6-10-17(16)22)23-21(27)18-12-19(28-25-18)15-7-3-2-4-8-15/h2-12H,13H2,1H3,(H,23,24,27). The zero-order chi connectivity index (χ0) is 19.5. The lowest BCUT2D eigenvalue weighted by Gasteiger charge is -2.05. The summed E-state index contributed by atoms with van der Waals surface area (Å²) in [5.74, 6) is 0.149. The van der Waals surface area contributed by atoms with Gasteiger partial charge in [-0.05, 0) is 13.0 Å². The smallest absolute Gasteiger partial charge is 0.279 e. The SMILES string of the molecule is Cc1cc(NC(=O)c2cc(-c3ccccc3)on2)nn1Cc1ccccc1F. The molecular weight excluding hydrogens is 359 g/mol. The summed E-state index contributed by atoms with van der Waals surface area (Å²) < 4.78 is 20.7. The van der Waals surface area contributed by atoms with E-state index in [2.05, 4.69) is 15.6 Å². The Labute approximate surface area is 160 Å². The molecule has 1 N–H and O–H groups in total. The summed E-state index contributed by atoms with van der Waals surface area (Å²) in [5.41, 5.74) is 2.30. The average molecular weight is 376 g/mol. The highest BCUT2D eigenvalue weighted by Gasteiger charge is 2.16. The summed E-state index contributed by atoms with van der Waals surface area (Å²) in [4.78, 5) is 12.4. The normalized spacial score (nSPS) is 10.8. The first-order valence-electron chi connectivity index (χ1n) is 8.71. The summed E-state index contributed by atoms with van der Waals surface area (Å²) in [6.45, 7) is 2.11. The van der Waals surface area contributed by atoms with Crippen LogP contribution >= 0.6 is 0 Å². The fraction of sp³-hybridized carbons (Fsp3) is 0.0952. The van der Waals surface area contributed by atoms with Crippen LogP contribution in [0.5, 0.6) is 0 Å². The molecule has 0 fully saturated rings. The Morgan fingerprint density at radius 3 is 2.64 bits per heavy atom. The van der Waals surface area contributed by atoms with E-state index in [4.69, 9.17) is 4.52 Å². The number of halogens is 1. The molecule has 2 aromatic carbocycles. The van der Waals surface area contributed by atoms with Crippen LogP contribution in [0.2, 0.25) is 0 Å². The quantitative estimate of drug-likeness (QED) is 0.564. The first kappa shape index (κ1) is 17.7. The monoisotopic (exact) mass is 376 g/mol. The second-order valence-electron chi connectivity index (χ2n) is 6.32.